The molecule has 0 radical (unpaired) electrons. The third-order valence-electron chi connectivity index (χ3n) is 5.18. The van der Waals surface area contributed by atoms with Crippen molar-refractivity contribution in [2.75, 3.05) is 21.1 Å². The summed E-state index contributed by atoms with van der Waals surface area (Å²) in [6, 6.07) is 8.39. The van der Waals surface area contributed by atoms with E-state index in [4.69, 9.17) is 0 Å². The van der Waals surface area contributed by atoms with Gasteiger partial charge in [0.25, 0.3) is 0 Å². The highest BCUT2D eigenvalue weighted by atomic mass is 32.2. The summed E-state index contributed by atoms with van der Waals surface area (Å²) in [6.07, 6.45) is 9.00. The zero-order valence-electron chi connectivity index (χ0n) is 18.6. The smallest absolute Gasteiger partial charge is 0.305 e. The molecule has 0 saturated carbocycles. The molecule has 1 aromatic heterocycles. The number of benzene rings is 1. The van der Waals surface area contributed by atoms with Gasteiger partial charge in [-0.05, 0) is 49.8 Å². The summed E-state index contributed by atoms with van der Waals surface area (Å²) in [4.78, 5) is 5.01. The number of unbranched alkanes of at least 4 members (excludes halogenated alkanes) is 1. The summed E-state index contributed by atoms with van der Waals surface area (Å²) in [5.41, 5.74) is 6.67. The van der Waals surface area contributed by atoms with Gasteiger partial charge in [-0.25, -0.2) is 10.4 Å². The number of imidazole rings is 1. The Morgan fingerprint density at radius 3 is 2.45 bits per heavy atom. The van der Waals surface area contributed by atoms with Gasteiger partial charge in [-0.2, -0.15) is 8.86 Å². The second kappa shape index (κ2) is 11.3. The average molecular weight is 419 g/mol. The van der Waals surface area contributed by atoms with Crippen LogP contribution in [0.4, 0.5) is 0 Å². The van der Waals surface area contributed by atoms with E-state index in [-0.39, 0.29) is 0 Å². The number of aryl methyl sites for hydroxylation is 2. The molecular formula is C22H36N5OS+. The molecule has 0 saturated heterocycles. The standard InChI is InChI=1S/C22H36N5OS/c1-18(2)22(19(3)25(5)23-4)26(6)29(28)21-12-10-20(11-13-21)9-7-8-15-27-16-14-24-17-27/h10-14,16-18,23,28H,7-9,15H2,1-6H3/q+1/b22-19+. The molecule has 2 rings (SSSR count). The van der Waals surface area contributed by atoms with Crippen molar-refractivity contribution in [2.24, 2.45) is 5.92 Å². The Bertz CT molecular complexity index is 758. The van der Waals surface area contributed by atoms with Gasteiger partial charge in [0, 0.05) is 38.7 Å². The minimum atomic E-state index is -0.993. The summed E-state index contributed by atoms with van der Waals surface area (Å²) in [7, 11) is 5.85. The number of hydrogen-bond donors (Lipinski definition) is 2. The molecule has 7 heteroatoms. The van der Waals surface area contributed by atoms with Gasteiger partial charge in [-0.3, -0.25) is 0 Å². The number of nitrogens with one attached hydrogen (secondary N) is 1. The molecule has 2 aromatic rings. The minimum absolute atomic E-state index is 0.299. The Morgan fingerprint density at radius 2 is 1.90 bits per heavy atom. The topological polar surface area (TPSA) is 56.6 Å². The van der Waals surface area contributed by atoms with E-state index in [1.165, 1.54) is 5.56 Å². The van der Waals surface area contributed by atoms with Crippen molar-refractivity contribution in [1.82, 2.24) is 24.3 Å². The van der Waals surface area contributed by atoms with Crippen molar-refractivity contribution in [1.29, 1.82) is 0 Å². The van der Waals surface area contributed by atoms with Gasteiger partial charge in [0.15, 0.2) is 0 Å². The van der Waals surface area contributed by atoms with Crippen molar-refractivity contribution in [2.45, 2.75) is 51.5 Å². The normalized spacial score (nSPS) is 13.4. The van der Waals surface area contributed by atoms with Crippen molar-refractivity contribution in [3.8, 4) is 0 Å². The maximum Gasteiger partial charge on any atom is 0.305 e. The first-order valence-electron chi connectivity index (χ1n) is 10.2. The van der Waals surface area contributed by atoms with E-state index >= 15 is 0 Å². The van der Waals surface area contributed by atoms with Crippen molar-refractivity contribution >= 4 is 11.4 Å². The summed E-state index contributed by atoms with van der Waals surface area (Å²) >= 11 is -0.993. The van der Waals surface area contributed by atoms with Gasteiger partial charge in [-0.1, -0.05) is 26.0 Å². The second-order valence-electron chi connectivity index (χ2n) is 7.57. The van der Waals surface area contributed by atoms with Gasteiger partial charge in [-0.15, -0.1) is 0 Å². The average Bonchev–Trinajstić information content (AvgIpc) is 3.23. The Balaban J connectivity index is 1.98. The zero-order chi connectivity index (χ0) is 21.4. The van der Waals surface area contributed by atoms with Gasteiger partial charge in [0.2, 0.25) is 4.90 Å². The van der Waals surface area contributed by atoms with Crippen molar-refractivity contribution in [3.05, 3.63) is 59.9 Å². The molecule has 2 N–H and O–H groups in total. The van der Waals surface area contributed by atoms with Gasteiger partial charge < -0.3 is 9.58 Å². The SMILES string of the molecule is CNN(C)/C(C)=C(\C(C)C)N(C)[S+](O)c1ccc(CCCCn2ccnc2)cc1. The molecule has 29 heavy (non-hydrogen) atoms. The number of allylic oxidation sites excluding steroid dienone is 2. The van der Waals surface area contributed by atoms with Gasteiger partial charge >= 0.3 is 11.4 Å². The molecule has 0 aliphatic rings. The Hall–Kier alpha value is -1.96. The lowest BCUT2D eigenvalue weighted by atomic mass is 10.1. The summed E-state index contributed by atoms with van der Waals surface area (Å²) in [5.74, 6) is 0.299. The molecule has 1 atom stereocenters. The molecule has 0 spiro atoms. The fourth-order valence-electron chi connectivity index (χ4n) is 3.42. The fraction of sp³-hybridized carbons (Fsp3) is 0.500. The zero-order valence-corrected chi connectivity index (χ0v) is 19.4. The van der Waals surface area contributed by atoms with Crippen molar-refractivity contribution < 1.29 is 4.55 Å². The number of hydrazine groups is 1. The largest absolute Gasteiger partial charge is 0.337 e. The van der Waals surface area contributed by atoms with Crippen LogP contribution in [-0.2, 0) is 24.3 Å². The highest BCUT2D eigenvalue weighted by molar-refractivity contribution is 7.89. The summed E-state index contributed by atoms with van der Waals surface area (Å²) in [6.45, 7) is 7.39. The maximum absolute atomic E-state index is 11.0. The lowest BCUT2D eigenvalue weighted by molar-refractivity contribution is 0.314. The van der Waals surface area contributed by atoms with E-state index in [1.807, 2.05) is 49.2 Å². The highest BCUT2D eigenvalue weighted by Crippen LogP contribution is 2.26. The van der Waals surface area contributed by atoms with E-state index in [2.05, 4.69) is 60.0 Å². The van der Waals surface area contributed by atoms with E-state index in [0.29, 0.717) is 5.92 Å². The molecular weight excluding hydrogens is 382 g/mol. The predicted octanol–water partition coefficient (Wildman–Crippen LogP) is 4.16. The first-order chi connectivity index (χ1) is 13.8. The van der Waals surface area contributed by atoms with Crippen LogP contribution >= 0.6 is 0 Å². The monoisotopic (exact) mass is 418 g/mol. The molecule has 160 valence electrons. The quantitative estimate of drug-likeness (QED) is 0.326. The second-order valence-corrected chi connectivity index (χ2v) is 9.12. The lowest BCUT2D eigenvalue weighted by Gasteiger charge is -2.27. The molecule has 0 aliphatic heterocycles. The van der Waals surface area contributed by atoms with Crippen LogP contribution in [0, 0.1) is 5.92 Å². The predicted molar refractivity (Wildman–Crippen MR) is 122 cm³/mol. The van der Waals surface area contributed by atoms with Crippen LogP contribution < -0.4 is 5.43 Å². The van der Waals surface area contributed by atoms with E-state index < -0.39 is 11.4 Å². The molecule has 0 amide bonds. The number of aromatic nitrogens is 2. The van der Waals surface area contributed by atoms with Crippen molar-refractivity contribution in [3.63, 3.8) is 0 Å². The van der Waals surface area contributed by atoms with Crippen LogP contribution in [0.15, 0.2) is 59.3 Å². The highest BCUT2D eigenvalue weighted by Gasteiger charge is 2.32. The molecule has 6 nitrogen and oxygen atoms in total. The number of rotatable bonds is 11. The van der Waals surface area contributed by atoms with Crippen LogP contribution in [0.5, 0.6) is 0 Å². The fourth-order valence-corrected chi connectivity index (χ4v) is 4.65. The maximum atomic E-state index is 11.0. The van der Waals surface area contributed by atoms with Crippen LogP contribution in [0.25, 0.3) is 0 Å². The Morgan fingerprint density at radius 1 is 1.21 bits per heavy atom. The number of hydrogen-bond acceptors (Lipinski definition) is 5. The van der Waals surface area contributed by atoms with Gasteiger partial charge in [0.05, 0.1) is 19.1 Å². The molecule has 0 bridgehead atoms. The Labute approximate surface area is 178 Å². The number of nitrogens with zero attached hydrogens (tertiary/aromatic N) is 4. The molecule has 1 aromatic carbocycles. The van der Waals surface area contributed by atoms with E-state index in [0.717, 1.165) is 42.1 Å². The van der Waals surface area contributed by atoms with Gasteiger partial charge in [0.1, 0.15) is 0 Å². The van der Waals surface area contributed by atoms with Crippen LogP contribution in [0.1, 0.15) is 39.2 Å². The lowest BCUT2D eigenvalue weighted by Crippen LogP contribution is -2.36. The van der Waals surface area contributed by atoms with Crippen LogP contribution in [0.2, 0.25) is 0 Å². The summed E-state index contributed by atoms with van der Waals surface area (Å²) in [5, 5.41) is 1.98. The molecule has 0 aliphatic carbocycles. The third kappa shape index (κ3) is 6.52. The van der Waals surface area contributed by atoms with E-state index in [9.17, 15) is 4.55 Å². The van der Waals surface area contributed by atoms with E-state index in [1.54, 1.807) is 0 Å². The summed E-state index contributed by atoms with van der Waals surface area (Å²) < 4.78 is 15.1. The Kier molecular flexibility index (Phi) is 9.07. The third-order valence-corrected chi connectivity index (χ3v) is 6.59. The first kappa shape index (κ1) is 23.3. The van der Waals surface area contributed by atoms with Crippen LogP contribution in [-0.4, -0.2) is 44.6 Å². The molecule has 1 heterocycles. The van der Waals surface area contributed by atoms with Crippen LogP contribution in [0.3, 0.4) is 0 Å². The molecule has 1 unspecified atom stereocenters. The minimum Gasteiger partial charge on any atom is -0.337 e. The first-order valence-corrected chi connectivity index (χ1v) is 11.3. The molecule has 0 fully saturated rings.